The highest BCUT2D eigenvalue weighted by Crippen LogP contribution is 2.30. The molecule has 10 heteroatoms. The van der Waals surface area contributed by atoms with E-state index in [0.717, 1.165) is 23.3 Å². The minimum absolute atomic E-state index is 0.136. The van der Waals surface area contributed by atoms with Crippen LogP contribution in [0.2, 0.25) is 0 Å². The Bertz CT molecular complexity index is 1380. The average molecular weight is 498 g/mol. The van der Waals surface area contributed by atoms with Crippen molar-refractivity contribution >= 4 is 11.6 Å². The molecule has 0 aliphatic carbocycles. The van der Waals surface area contributed by atoms with Gasteiger partial charge in [0.05, 0.1) is 29.2 Å². The molecule has 0 aliphatic rings. The number of ether oxygens (including phenoxy) is 1. The van der Waals surface area contributed by atoms with Crippen molar-refractivity contribution in [2.45, 2.75) is 47.1 Å². The van der Waals surface area contributed by atoms with E-state index in [1.165, 1.54) is 10.7 Å². The Morgan fingerprint density at radius 1 is 1.00 bits per heavy atom. The standard InChI is InChI=1S/C26H26F3N5O2/c1-16-10-17(2)12-22(11-16)36-15-33-9-8-23(32-33)25(35)30-24-18(3)31-34(19(24)4)14-20-6-5-7-21(13-20)26(27,28)29/h5-13H,14-15H2,1-4H3,(H,30,35). The Morgan fingerprint density at radius 2 is 1.72 bits per heavy atom. The van der Waals surface area contributed by atoms with Gasteiger partial charge in [-0.05, 0) is 74.7 Å². The van der Waals surface area contributed by atoms with Crippen LogP contribution in [0.15, 0.2) is 54.7 Å². The number of amides is 1. The minimum Gasteiger partial charge on any atom is -0.471 e. The summed E-state index contributed by atoms with van der Waals surface area (Å²) in [5, 5.41) is 11.5. The van der Waals surface area contributed by atoms with Crippen molar-refractivity contribution in [3.05, 3.63) is 94.1 Å². The number of carbonyl (C=O) groups is 1. The molecule has 1 amide bonds. The van der Waals surface area contributed by atoms with Crippen molar-refractivity contribution in [1.82, 2.24) is 19.6 Å². The lowest BCUT2D eigenvalue weighted by Gasteiger charge is -2.10. The first kappa shape index (κ1) is 25.0. The summed E-state index contributed by atoms with van der Waals surface area (Å²) in [6, 6.07) is 12.6. The SMILES string of the molecule is Cc1cc(C)cc(OCn2ccc(C(=O)Nc3c(C)nn(Cc4cccc(C(F)(F)F)c4)c3C)n2)c1. The molecular weight excluding hydrogens is 471 g/mol. The van der Waals surface area contributed by atoms with Gasteiger partial charge < -0.3 is 10.1 Å². The van der Waals surface area contributed by atoms with E-state index in [-0.39, 0.29) is 19.0 Å². The molecule has 36 heavy (non-hydrogen) atoms. The van der Waals surface area contributed by atoms with Gasteiger partial charge in [-0.15, -0.1) is 0 Å². The Balaban J connectivity index is 1.43. The van der Waals surface area contributed by atoms with Crippen LogP contribution in [0.4, 0.5) is 18.9 Å². The summed E-state index contributed by atoms with van der Waals surface area (Å²) in [6.07, 6.45) is -2.77. The quantitative estimate of drug-likeness (QED) is 0.357. The number of halogens is 3. The van der Waals surface area contributed by atoms with Crippen LogP contribution in [0.1, 0.15) is 44.1 Å². The van der Waals surface area contributed by atoms with Gasteiger partial charge in [0.2, 0.25) is 0 Å². The molecule has 188 valence electrons. The van der Waals surface area contributed by atoms with Crippen LogP contribution in [-0.4, -0.2) is 25.5 Å². The summed E-state index contributed by atoms with van der Waals surface area (Å²) in [6.45, 7) is 7.73. The van der Waals surface area contributed by atoms with Crippen LogP contribution in [0.25, 0.3) is 0 Å². The molecule has 0 unspecified atom stereocenters. The number of alkyl halides is 3. The maximum atomic E-state index is 13.0. The van der Waals surface area contributed by atoms with Crippen LogP contribution in [0.3, 0.4) is 0 Å². The molecule has 2 heterocycles. The Hall–Kier alpha value is -4.08. The Kier molecular flexibility index (Phi) is 6.87. The van der Waals surface area contributed by atoms with E-state index in [9.17, 15) is 18.0 Å². The summed E-state index contributed by atoms with van der Waals surface area (Å²) < 4.78 is 48.0. The first-order chi connectivity index (χ1) is 17.0. The first-order valence-corrected chi connectivity index (χ1v) is 11.3. The van der Waals surface area contributed by atoms with Gasteiger partial charge in [0.1, 0.15) is 5.75 Å². The number of benzene rings is 2. The molecule has 0 aliphatic heterocycles. The maximum Gasteiger partial charge on any atom is 0.416 e. The van der Waals surface area contributed by atoms with E-state index in [2.05, 4.69) is 21.6 Å². The molecule has 0 saturated heterocycles. The molecule has 7 nitrogen and oxygen atoms in total. The summed E-state index contributed by atoms with van der Waals surface area (Å²) in [5.74, 6) is 0.290. The topological polar surface area (TPSA) is 74.0 Å². The fourth-order valence-corrected chi connectivity index (χ4v) is 3.94. The van der Waals surface area contributed by atoms with Crippen molar-refractivity contribution in [3.8, 4) is 5.75 Å². The monoisotopic (exact) mass is 497 g/mol. The van der Waals surface area contributed by atoms with E-state index in [1.54, 1.807) is 36.9 Å². The zero-order valence-electron chi connectivity index (χ0n) is 20.3. The second kappa shape index (κ2) is 9.88. The lowest BCUT2D eigenvalue weighted by atomic mass is 10.1. The van der Waals surface area contributed by atoms with E-state index >= 15 is 0 Å². The zero-order valence-corrected chi connectivity index (χ0v) is 20.3. The molecule has 2 aromatic carbocycles. The summed E-state index contributed by atoms with van der Waals surface area (Å²) in [7, 11) is 0. The molecule has 0 radical (unpaired) electrons. The molecule has 4 aromatic rings. The highest BCUT2D eigenvalue weighted by atomic mass is 19.4. The van der Waals surface area contributed by atoms with Crippen LogP contribution < -0.4 is 10.1 Å². The van der Waals surface area contributed by atoms with Crippen LogP contribution in [-0.2, 0) is 19.5 Å². The molecule has 0 bridgehead atoms. The van der Waals surface area contributed by atoms with E-state index in [0.29, 0.717) is 28.4 Å². The number of nitrogens with one attached hydrogen (secondary N) is 1. The zero-order chi connectivity index (χ0) is 26.0. The van der Waals surface area contributed by atoms with E-state index in [1.807, 2.05) is 26.0 Å². The second-order valence-electron chi connectivity index (χ2n) is 8.69. The summed E-state index contributed by atoms with van der Waals surface area (Å²) >= 11 is 0. The van der Waals surface area contributed by atoms with Crippen LogP contribution >= 0.6 is 0 Å². The third-order valence-corrected chi connectivity index (χ3v) is 5.64. The van der Waals surface area contributed by atoms with Crippen LogP contribution in [0.5, 0.6) is 5.75 Å². The molecule has 0 fully saturated rings. The average Bonchev–Trinajstić information content (AvgIpc) is 3.37. The Morgan fingerprint density at radius 3 is 2.42 bits per heavy atom. The number of carbonyl (C=O) groups excluding carboxylic acids is 1. The van der Waals surface area contributed by atoms with Crippen molar-refractivity contribution in [1.29, 1.82) is 0 Å². The van der Waals surface area contributed by atoms with E-state index in [4.69, 9.17) is 4.74 Å². The molecule has 2 aromatic heterocycles. The smallest absolute Gasteiger partial charge is 0.416 e. The first-order valence-electron chi connectivity index (χ1n) is 11.3. The Labute approximate surface area is 206 Å². The number of hydrogen-bond acceptors (Lipinski definition) is 4. The van der Waals surface area contributed by atoms with Gasteiger partial charge in [-0.2, -0.15) is 23.4 Å². The van der Waals surface area contributed by atoms with Gasteiger partial charge in [-0.1, -0.05) is 18.2 Å². The van der Waals surface area contributed by atoms with Gasteiger partial charge in [-0.25, -0.2) is 4.68 Å². The lowest BCUT2D eigenvalue weighted by Crippen LogP contribution is -2.15. The minimum atomic E-state index is -4.42. The number of hydrogen-bond donors (Lipinski definition) is 1. The third kappa shape index (κ3) is 5.76. The lowest BCUT2D eigenvalue weighted by molar-refractivity contribution is -0.137. The van der Waals surface area contributed by atoms with Crippen molar-refractivity contribution < 1.29 is 22.7 Å². The number of aryl methyl sites for hydroxylation is 3. The second-order valence-corrected chi connectivity index (χ2v) is 8.69. The molecule has 1 N–H and O–H groups in total. The maximum absolute atomic E-state index is 13.0. The third-order valence-electron chi connectivity index (χ3n) is 5.64. The fraction of sp³-hybridized carbons (Fsp3) is 0.269. The van der Waals surface area contributed by atoms with Crippen LogP contribution in [0, 0.1) is 27.7 Å². The van der Waals surface area contributed by atoms with Gasteiger partial charge in [0, 0.05) is 6.20 Å². The summed E-state index contributed by atoms with van der Waals surface area (Å²) in [5.41, 5.74) is 3.77. The predicted octanol–water partition coefficient (Wildman–Crippen LogP) is 5.67. The highest BCUT2D eigenvalue weighted by molar-refractivity contribution is 6.03. The molecule has 0 saturated carbocycles. The largest absolute Gasteiger partial charge is 0.471 e. The normalized spacial score (nSPS) is 11.5. The highest BCUT2D eigenvalue weighted by Gasteiger charge is 2.30. The number of anilines is 1. The van der Waals surface area contributed by atoms with Gasteiger partial charge in [-0.3, -0.25) is 9.48 Å². The van der Waals surface area contributed by atoms with Gasteiger partial charge in [0.25, 0.3) is 5.91 Å². The fourth-order valence-electron chi connectivity index (χ4n) is 3.94. The number of aromatic nitrogens is 4. The number of rotatable bonds is 7. The molecule has 0 spiro atoms. The van der Waals surface area contributed by atoms with Gasteiger partial charge >= 0.3 is 6.18 Å². The van der Waals surface area contributed by atoms with Gasteiger partial charge in [0.15, 0.2) is 12.4 Å². The molecule has 0 atom stereocenters. The van der Waals surface area contributed by atoms with E-state index < -0.39 is 17.6 Å². The molecular formula is C26H26F3N5O2. The van der Waals surface area contributed by atoms with Crippen molar-refractivity contribution in [3.63, 3.8) is 0 Å². The number of nitrogens with zero attached hydrogens (tertiary/aromatic N) is 4. The van der Waals surface area contributed by atoms with Crippen molar-refractivity contribution in [2.24, 2.45) is 0 Å². The molecule has 4 rings (SSSR count). The van der Waals surface area contributed by atoms with Crippen molar-refractivity contribution in [2.75, 3.05) is 5.32 Å². The predicted molar refractivity (Wildman–Crippen MR) is 129 cm³/mol. The summed E-state index contributed by atoms with van der Waals surface area (Å²) in [4.78, 5) is 12.8.